The van der Waals surface area contributed by atoms with Crippen molar-refractivity contribution in [2.24, 2.45) is 0 Å². The SMILES string of the molecule is CC1(O)CCN(CCC(=O)c2ccc(Br)cc2)C1. The molecule has 1 atom stereocenters. The molecule has 2 rings (SSSR count). The van der Waals surface area contributed by atoms with E-state index in [1.54, 1.807) is 0 Å². The monoisotopic (exact) mass is 311 g/mol. The van der Waals surface area contributed by atoms with Crippen molar-refractivity contribution in [3.05, 3.63) is 34.3 Å². The second-order valence-corrected chi connectivity index (χ2v) is 6.12. The third-order valence-corrected chi connectivity index (χ3v) is 3.88. The molecular formula is C14H18BrNO2. The minimum Gasteiger partial charge on any atom is -0.389 e. The molecule has 3 nitrogen and oxygen atoms in total. The van der Waals surface area contributed by atoms with Gasteiger partial charge >= 0.3 is 0 Å². The zero-order chi connectivity index (χ0) is 13.2. The van der Waals surface area contributed by atoms with Gasteiger partial charge in [0.2, 0.25) is 0 Å². The first-order valence-corrected chi connectivity index (χ1v) is 6.99. The number of carbonyl (C=O) groups excluding carboxylic acids is 1. The van der Waals surface area contributed by atoms with Crippen LogP contribution in [-0.4, -0.2) is 41.0 Å². The van der Waals surface area contributed by atoms with Gasteiger partial charge in [0.1, 0.15) is 0 Å². The number of Topliss-reactive ketones (excluding diaryl/α,β-unsaturated/α-hetero) is 1. The van der Waals surface area contributed by atoms with Crippen molar-refractivity contribution >= 4 is 21.7 Å². The number of hydrogen-bond donors (Lipinski definition) is 1. The van der Waals surface area contributed by atoms with Gasteiger partial charge in [0, 0.05) is 36.1 Å². The van der Waals surface area contributed by atoms with Crippen molar-refractivity contribution in [3.8, 4) is 0 Å². The molecule has 0 radical (unpaired) electrons. The fourth-order valence-corrected chi connectivity index (χ4v) is 2.53. The Hall–Kier alpha value is -0.710. The summed E-state index contributed by atoms with van der Waals surface area (Å²) in [6.07, 6.45) is 1.30. The standard InChI is InChI=1S/C14H18BrNO2/c1-14(18)7-9-16(10-14)8-6-13(17)11-2-4-12(15)5-3-11/h2-5,18H,6-10H2,1H3. The van der Waals surface area contributed by atoms with Crippen LogP contribution in [0.4, 0.5) is 0 Å². The van der Waals surface area contributed by atoms with Crippen LogP contribution in [0.25, 0.3) is 0 Å². The fourth-order valence-electron chi connectivity index (χ4n) is 2.27. The molecule has 0 spiro atoms. The van der Waals surface area contributed by atoms with E-state index in [2.05, 4.69) is 20.8 Å². The lowest BCUT2D eigenvalue weighted by molar-refractivity contribution is 0.0677. The van der Waals surface area contributed by atoms with Crippen LogP contribution in [0, 0.1) is 0 Å². The van der Waals surface area contributed by atoms with Gasteiger partial charge in [-0.05, 0) is 25.5 Å². The van der Waals surface area contributed by atoms with E-state index < -0.39 is 5.60 Å². The highest BCUT2D eigenvalue weighted by Gasteiger charge is 2.31. The van der Waals surface area contributed by atoms with Crippen molar-refractivity contribution in [1.29, 1.82) is 0 Å². The summed E-state index contributed by atoms with van der Waals surface area (Å²) in [5, 5.41) is 9.85. The number of ketones is 1. The highest BCUT2D eigenvalue weighted by atomic mass is 79.9. The lowest BCUT2D eigenvalue weighted by Crippen LogP contribution is -2.31. The molecule has 1 N–H and O–H groups in total. The van der Waals surface area contributed by atoms with Gasteiger partial charge in [-0.3, -0.25) is 9.69 Å². The zero-order valence-corrected chi connectivity index (χ0v) is 12.1. The van der Waals surface area contributed by atoms with E-state index in [4.69, 9.17) is 0 Å². The molecule has 1 unspecified atom stereocenters. The Morgan fingerprint density at radius 3 is 2.67 bits per heavy atom. The maximum Gasteiger partial charge on any atom is 0.164 e. The maximum absolute atomic E-state index is 12.0. The molecule has 1 aromatic rings. The van der Waals surface area contributed by atoms with Crippen LogP contribution in [0.1, 0.15) is 30.1 Å². The molecule has 1 fully saturated rings. The van der Waals surface area contributed by atoms with Crippen molar-refractivity contribution < 1.29 is 9.90 Å². The second kappa shape index (κ2) is 5.51. The largest absolute Gasteiger partial charge is 0.389 e. The molecule has 0 aliphatic carbocycles. The number of hydrogen-bond acceptors (Lipinski definition) is 3. The van der Waals surface area contributed by atoms with Crippen molar-refractivity contribution in [1.82, 2.24) is 4.90 Å². The van der Waals surface area contributed by atoms with Crippen LogP contribution in [0.2, 0.25) is 0 Å². The van der Waals surface area contributed by atoms with Gasteiger partial charge in [0.25, 0.3) is 0 Å². The summed E-state index contributed by atoms with van der Waals surface area (Å²) in [6, 6.07) is 7.45. The van der Waals surface area contributed by atoms with Crippen LogP contribution >= 0.6 is 15.9 Å². The molecule has 0 bridgehead atoms. The van der Waals surface area contributed by atoms with Crippen LogP contribution in [-0.2, 0) is 0 Å². The number of aliphatic hydroxyl groups is 1. The zero-order valence-electron chi connectivity index (χ0n) is 10.5. The molecule has 0 amide bonds. The molecular weight excluding hydrogens is 294 g/mol. The third kappa shape index (κ3) is 3.64. The van der Waals surface area contributed by atoms with Crippen molar-refractivity contribution in [2.75, 3.05) is 19.6 Å². The van der Waals surface area contributed by atoms with E-state index in [9.17, 15) is 9.90 Å². The average Bonchev–Trinajstić information content (AvgIpc) is 2.67. The smallest absolute Gasteiger partial charge is 0.164 e. The Bertz CT molecular complexity index is 428. The third-order valence-electron chi connectivity index (χ3n) is 3.35. The predicted molar refractivity (Wildman–Crippen MR) is 74.8 cm³/mol. The molecule has 4 heteroatoms. The van der Waals surface area contributed by atoms with E-state index in [0.29, 0.717) is 13.0 Å². The minimum absolute atomic E-state index is 0.161. The van der Waals surface area contributed by atoms with Crippen LogP contribution in [0.15, 0.2) is 28.7 Å². The predicted octanol–water partition coefficient (Wildman–Crippen LogP) is 2.48. The lowest BCUT2D eigenvalue weighted by Gasteiger charge is -2.18. The molecule has 0 saturated carbocycles. The number of rotatable bonds is 4. The van der Waals surface area contributed by atoms with Gasteiger partial charge in [-0.25, -0.2) is 0 Å². The normalized spacial score (nSPS) is 24.4. The first-order chi connectivity index (χ1) is 8.46. The average molecular weight is 312 g/mol. The summed E-state index contributed by atoms with van der Waals surface area (Å²) in [6.45, 7) is 4.12. The number of likely N-dealkylation sites (tertiary alicyclic amines) is 1. The van der Waals surface area contributed by atoms with E-state index in [-0.39, 0.29) is 5.78 Å². The van der Waals surface area contributed by atoms with Crippen LogP contribution < -0.4 is 0 Å². The Morgan fingerprint density at radius 2 is 2.11 bits per heavy atom. The summed E-state index contributed by atoms with van der Waals surface area (Å²) < 4.78 is 0.981. The van der Waals surface area contributed by atoms with Crippen molar-refractivity contribution in [2.45, 2.75) is 25.4 Å². The number of benzene rings is 1. The summed E-state index contributed by atoms with van der Waals surface area (Å²) in [4.78, 5) is 14.1. The van der Waals surface area contributed by atoms with Gasteiger partial charge in [-0.15, -0.1) is 0 Å². The van der Waals surface area contributed by atoms with E-state index in [0.717, 1.165) is 29.5 Å². The summed E-state index contributed by atoms with van der Waals surface area (Å²) in [7, 11) is 0. The summed E-state index contributed by atoms with van der Waals surface area (Å²) in [5.74, 6) is 0.161. The van der Waals surface area contributed by atoms with Gasteiger partial charge in [0.05, 0.1) is 5.60 Å². The van der Waals surface area contributed by atoms with Gasteiger partial charge < -0.3 is 5.11 Å². The van der Waals surface area contributed by atoms with E-state index in [1.165, 1.54) is 0 Å². The molecule has 1 saturated heterocycles. The maximum atomic E-state index is 12.0. The van der Waals surface area contributed by atoms with Crippen LogP contribution in [0.3, 0.4) is 0 Å². The molecule has 0 aromatic heterocycles. The quantitative estimate of drug-likeness (QED) is 0.868. The van der Waals surface area contributed by atoms with Gasteiger partial charge in [-0.2, -0.15) is 0 Å². The van der Waals surface area contributed by atoms with E-state index in [1.807, 2.05) is 31.2 Å². The number of carbonyl (C=O) groups is 1. The van der Waals surface area contributed by atoms with Crippen LogP contribution in [0.5, 0.6) is 0 Å². The first-order valence-electron chi connectivity index (χ1n) is 6.20. The molecule has 1 heterocycles. The number of halogens is 1. The Kier molecular flexibility index (Phi) is 4.20. The highest BCUT2D eigenvalue weighted by molar-refractivity contribution is 9.10. The molecule has 98 valence electrons. The lowest BCUT2D eigenvalue weighted by atomic mass is 10.1. The fraction of sp³-hybridized carbons (Fsp3) is 0.500. The van der Waals surface area contributed by atoms with Gasteiger partial charge in [0.15, 0.2) is 5.78 Å². The number of β-amino-alcohol motifs (C(OH)–C–C–N with tert-alkyl or cyclic N) is 1. The Labute approximate surface area is 116 Å². The molecule has 1 aromatic carbocycles. The topological polar surface area (TPSA) is 40.5 Å². The van der Waals surface area contributed by atoms with Gasteiger partial charge in [-0.1, -0.05) is 28.1 Å². The molecule has 1 aliphatic rings. The Balaban J connectivity index is 1.84. The first kappa shape index (κ1) is 13.7. The Morgan fingerprint density at radius 1 is 1.44 bits per heavy atom. The van der Waals surface area contributed by atoms with Crippen molar-refractivity contribution in [3.63, 3.8) is 0 Å². The second-order valence-electron chi connectivity index (χ2n) is 5.20. The summed E-state index contributed by atoms with van der Waals surface area (Å²) in [5.41, 5.74) is 0.171. The molecule has 18 heavy (non-hydrogen) atoms. The molecule has 1 aliphatic heterocycles. The minimum atomic E-state index is -0.583. The van der Waals surface area contributed by atoms with E-state index >= 15 is 0 Å². The highest BCUT2D eigenvalue weighted by Crippen LogP contribution is 2.20. The summed E-state index contributed by atoms with van der Waals surface area (Å²) >= 11 is 3.35. The number of nitrogens with zero attached hydrogens (tertiary/aromatic N) is 1.